The van der Waals surface area contributed by atoms with Gasteiger partial charge in [0.2, 0.25) is 0 Å². The molecule has 2 aromatic carbocycles. The van der Waals surface area contributed by atoms with Crippen LogP contribution in [0.5, 0.6) is 5.75 Å². The van der Waals surface area contributed by atoms with Gasteiger partial charge in [-0.25, -0.2) is 5.43 Å². The summed E-state index contributed by atoms with van der Waals surface area (Å²) in [7, 11) is 1.48. The Bertz CT molecular complexity index is 982. The maximum absolute atomic E-state index is 12.2. The van der Waals surface area contributed by atoms with Crippen LogP contribution in [-0.2, 0) is 4.79 Å². The van der Waals surface area contributed by atoms with Crippen molar-refractivity contribution in [1.82, 2.24) is 20.9 Å². The lowest BCUT2D eigenvalue weighted by Gasteiger charge is -2.08. The zero-order valence-corrected chi connectivity index (χ0v) is 15.2. The minimum atomic E-state index is -0.454. The van der Waals surface area contributed by atoms with Gasteiger partial charge in [-0.05, 0) is 12.1 Å². The van der Waals surface area contributed by atoms with Gasteiger partial charge in [-0.15, -0.1) is 0 Å². The molecule has 0 radical (unpaired) electrons. The fourth-order valence-corrected chi connectivity index (χ4v) is 2.53. The monoisotopic (exact) mass is 377 g/mol. The second-order valence-corrected chi connectivity index (χ2v) is 5.74. The fourth-order valence-electron chi connectivity index (χ4n) is 2.53. The molecule has 1 heterocycles. The van der Waals surface area contributed by atoms with Gasteiger partial charge in [-0.1, -0.05) is 42.5 Å². The number of benzene rings is 2. The molecule has 0 saturated heterocycles. The van der Waals surface area contributed by atoms with E-state index in [4.69, 9.17) is 4.74 Å². The Morgan fingerprint density at radius 2 is 1.89 bits per heavy atom. The van der Waals surface area contributed by atoms with E-state index >= 15 is 0 Å². The normalized spacial score (nSPS) is 10.6. The second-order valence-electron chi connectivity index (χ2n) is 5.74. The first kappa shape index (κ1) is 18.8. The molecule has 28 heavy (non-hydrogen) atoms. The summed E-state index contributed by atoms with van der Waals surface area (Å²) in [6, 6.07) is 16.4. The number of amides is 2. The quantitative estimate of drug-likeness (QED) is 0.432. The third-order valence-corrected chi connectivity index (χ3v) is 3.89. The number of carbonyl (C=O) groups is 2. The van der Waals surface area contributed by atoms with Crippen molar-refractivity contribution in [2.24, 2.45) is 5.10 Å². The molecule has 0 aliphatic carbocycles. The number of aromatic amines is 1. The van der Waals surface area contributed by atoms with Crippen molar-refractivity contribution >= 4 is 18.0 Å². The van der Waals surface area contributed by atoms with E-state index in [2.05, 4.69) is 26.0 Å². The molecule has 3 aromatic rings. The minimum absolute atomic E-state index is 0.217. The van der Waals surface area contributed by atoms with Crippen LogP contribution in [0.15, 0.2) is 65.9 Å². The third-order valence-electron chi connectivity index (χ3n) is 3.89. The Balaban J connectivity index is 1.54. The van der Waals surface area contributed by atoms with E-state index < -0.39 is 11.8 Å². The van der Waals surface area contributed by atoms with E-state index in [9.17, 15) is 9.59 Å². The molecule has 0 spiro atoms. The smallest absolute Gasteiger partial charge is 0.259 e. The molecule has 8 nitrogen and oxygen atoms in total. The van der Waals surface area contributed by atoms with Gasteiger partial charge in [0, 0.05) is 11.1 Å². The van der Waals surface area contributed by atoms with Crippen molar-refractivity contribution in [1.29, 1.82) is 0 Å². The van der Waals surface area contributed by atoms with Crippen LogP contribution in [0.1, 0.15) is 15.9 Å². The number of nitrogens with one attached hydrogen (secondary N) is 3. The average molecular weight is 377 g/mol. The van der Waals surface area contributed by atoms with Gasteiger partial charge in [-0.2, -0.15) is 10.2 Å². The molecule has 1 aromatic heterocycles. The molecule has 0 bridgehead atoms. The van der Waals surface area contributed by atoms with Crippen molar-refractivity contribution in [2.45, 2.75) is 0 Å². The summed E-state index contributed by atoms with van der Waals surface area (Å²) in [6.45, 7) is -0.217. The Hall–Kier alpha value is -3.94. The predicted octanol–water partition coefficient (Wildman–Crippen LogP) is 1.97. The minimum Gasteiger partial charge on any atom is -0.496 e. The molecule has 3 rings (SSSR count). The van der Waals surface area contributed by atoms with E-state index in [1.54, 1.807) is 30.5 Å². The molecule has 0 aliphatic heterocycles. The predicted molar refractivity (Wildman–Crippen MR) is 105 cm³/mol. The zero-order valence-electron chi connectivity index (χ0n) is 15.2. The summed E-state index contributed by atoms with van der Waals surface area (Å²) >= 11 is 0. The van der Waals surface area contributed by atoms with Gasteiger partial charge in [-0.3, -0.25) is 14.7 Å². The van der Waals surface area contributed by atoms with Crippen LogP contribution in [0.3, 0.4) is 0 Å². The Morgan fingerprint density at radius 1 is 1.14 bits per heavy atom. The second kappa shape index (κ2) is 9.13. The lowest BCUT2D eigenvalue weighted by Crippen LogP contribution is -2.35. The number of hydrogen-bond acceptors (Lipinski definition) is 5. The number of nitrogens with zero attached hydrogens (tertiary/aromatic N) is 2. The van der Waals surface area contributed by atoms with E-state index in [-0.39, 0.29) is 6.54 Å². The number of hydrogen-bond donors (Lipinski definition) is 3. The topological polar surface area (TPSA) is 108 Å². The van der Waals surface area contributed by atoms with Gasteiger partial charge < -0.3 is 10.1 Å². The van der Waals surface area contributed by atoms with Crippen molar-refractivity contribution in [3.8, 4) is 17.0 Å². The molecule has 0 fully saturated rings. The maximum Gasteiger partial charge on any atom is 0.259 e. The van der Waals surface area contributed by atoms with Crippen LogP contribution >= 0.6 is 0 Å². The first-order valence-corrected chi connectivity index (χ1v) is 8.51. The molecule has 0 atom stereocenters. The molecular formula is C20H19N5O3. The zero-order chi connectivity index (χ0) is 19.8. The number of aromatic nitrogens is 2. The van der Waals surface area contributed by atoms with Crippen LogP contribution in [0.25, 0.3) is 11.3 Å². The molecule has 142 valence electrons. The molecule has 3 N–H and O–H groups in total. The van der Waals surface area contributed by atoms with Crippen molar-refractivity contribution in [3.63, 3.8) is 0 Å². The van der Waals surface area contributed by atoms with Gasteiger partial charge >= 0.3 is 0 Å². The SMILES string of the molecule is COc1ccccc1C(=O)NCC(=O)NN=Cc1cn[nH]c1-c1ccccc1. The highest BCUT2D eigenvalue weighted by Gasteiger charge is 2.12. The van der Waals surface area contributed by atoms with E-state index in [0.29, 0.717) is 11.3 Å². The van der Waals surface area contributed by atoms with Gasteiger partial charge in [0.25, 0.3) is 11.8 Å². The summed E-state index contributed by atoms with van der Waals surface area (Å²) < 4.78 is 5.13. The number of para-hydroxylation sites is 1. The van der Waals surface area contributed by atoms with Crippen LogP contribution in [0.4, 0.5) is 0 Å². The summed E-state index contributed by atoms with van der Waals surface area (Å²) in [6.07, 6.45) is 3.10. The number of hydrazone groups is 1. The Kier molecular flexibility index (Phi) is 6.14. The molecule has 8 heteroatoms. The molecule has 0 unspecified atom stereocenters. The molecule has 2 amide bonds. The van der Waals surface area contributed by atoms with Crippen LogP contribution in [0.2, 0.25) is 0 Å². The third kappa shape index (κ3) is 4.61. The van der Waals surface area contributed by atoms with Crippen LogP contribution in [-0.4, -0.2) is 41.9 Å². The molecular weight excluding hydrogens is 358 g/mol. The largest absolute Gasteiger partial charge is 0.496 e. The lowest BCUT2D eigenvalue weighted by molar-refractivity contribution is -0.120. The highest BCUT2D eigenvalue weighted by Crippen LogP contribution is 2.19. The molecule has 0 aliphatic rings. The van der Waals surface area contributed by atoms with Crippen LogP contribution < -0.4 is 15.5 Å². The Labute approximate surface area is 161 Å². The first-order valence-electron chi connectivity index (χ1n) is 8.51. The van der Waals surface area contributed by atoms with E-state index in [0.717, 1.165) is 16.8 Å². The van der Waals surface area contributed by atoms with Crippen molar-refractivity contribution in [3.05, 3.63) is 71.9 Å². The standard InChI is InChI=1S/C20H19N5O3/c1-28-17-10-6-5-9-16(17)20(27)21-13-18(26)24-22-11-15-12-23-25-19(15)14-7-3-2-4-8-14/h2-12H,13H2,1H3,(H,21,27)(H,23,25)(H,24,26). The van der Waals surface area contributed by atoms with E-state index in [1.807, 2.05) is 30.3 Å². The van der Waals surface area contributed by atoms with Crippen molar-refractivity contribution in [2.75, 3.05) is 13.7 Å². The average Bonchev–Trinajstić information content (AvgIpc) is 3.21. The van der Waals surface area contributed by atoms with E-state index in [1.165, 1.54) is 13.3 Å². The van der Waals surface area contributed by atoms with Gasteiger partial charge in [0.1, 0.15) is 5.75 Å². The maximum atomic E-state index is 12.2. The lowest BCUT2D eigenvalue weighted by atomic mass is 10.1. The highest BCUT2D eigenvalue weighted by atomic mass is 16.5. The fraction of sp³-hybridized carbons (Fsp3) is 0.100. The molecule has 0 saturated carbocycles. The van der Waals surface area contributed by atoms with Crippen LogP contribution in [0, 0.1) is 0 Å². The van der Waals surface area contributed by atoms with Gasteiger partial charge in [0.05, 0.1) is 37.3 Å². The van der Waals surface area contributed by atoms with Crippen molar-refractivity contribution < 1.29 is 14.3 Å². The highest BCUT2D eigenvalue weighted by molar-refractivity contribution is 5.98. The summed E-state index contributed by atoms with van der Waals surface area (Å²) in [5, 5.41) is 13.4. The number of carbonyl (C=O) groups excluding carboxylic acids is 2. The summed E-state index contributed by atoms with van der Waals surface area (Å²) in [5.41, 5.74) is 5.21. The summed E-state index contributed by atoms with van der Waals surface area (Å²) in [4.78, 5) is 24.1. The Morgan fingerprint density at radius 3 is 2.68 bits per heavy atom. The number of H-pyrrole nitrogens is 1. The van der Waals surface area contributed by atoms with Gasteiger partial charge in [0.15, 0.2) is 0 Å². The number of rotatable bonds is 7. The number of methoxy groups -OCH3 is 1. The number of ether oxygens (including phenoxy) is 1. The first-order chi connectivity index (χ1) is 13.7. The summed E-state index contributed by atoms with van der Waals surface area (Å²) in [5.74, 6) is -0.422.